The number of benzene rings is 1. The van der Waals surface area contributed by atoms with Crippen LogP contribution in [0.3, 0.4) is 0 Å². The number of nitrogen functional groups attached to an aromatic ring is 1. The number of fused-ring (bicyclic) bond motifs is 1. The van der Waals surface area contributed by atoms with E-state index < -0.39 is 0 Å². The Bertz CT molecular complexity index is 644. The molecule has 0 amide bonds. The van der Waals surface area contributed by atoms with Gasteiger partial charge in [-0.2, -0.15) is 0 Å². The third kappa shape index (κ3) is 2.27. The van der Waals surface area contributed by atoms with Crippen LogP contribution in [0.2, 0.25) is 0 Å². The maximum Gasteiger partial charge on any atom is 0.350 e. The van der Waals surface area contributed by atoms with Gasteiger partial charge in [0.1, 0.15) is 4.88 Å². The fourth-order valence-corrected chi connectivity index (χ4v) is 3.75. The van der Waals surface area contributed by atoms with Crippen molar-refractivity contribution in [2.75, 3.05) is 26.1 Å². The number of carbonyl (C=O) groups excluding carboxylic acids is 1. The van der Waals surface area contributed by atoms with Crippen molar-refractivity contribution in [2.45, 2.75) is 18.8 Å². The molecule has 0 radical (unpaired) electrons. The van der Waals surface area contributed by atoms with Crippen molar-refractivity contribution in [3.05, 3.63) is 28.6 Å². The minimum absolute atomic E-state index is 0.365. The molecular formula is C15H17NO3S. The lowest BCUT2D eigenvalue weighted by Gasteiger charge is -2.22. The number of esters is 1. The van der Waals surface area contributed by atoms with Gasteiger partial charge in [-0.1, -0.05) is 12.1 Å². The van der Waals surface area contributed by atoms with E-state index in [-0.39, 0.29) is 5.97 Å². The summed E-state index contributed by atoms with van der Waals surface area (Å²) in [5.41, 5.74) is 7.86. The lowest BCUT2D eigenvalue weighted by Crippen LogP contribution is -2.13. The van der Waals surface area contributed by atoms with Crippen molar-refractivity contribution in [1.29, 1.82) is 0 Å². The Morgan fingerprint density at radius 1 is 1.40 bits per heavy atom. The summed E-state index contributed by atoms with van der Waals surface area (Å²) in [6.07, 6.45) is 2.10. The lowest BCUT2D eigenvalue weighted by molar-refractivity contribution is 0.0607. The highest BCUT2D eigenvalue weighted by Crippen LogP contribution is 2.37. The second-order valence-corrected chi connectivity index (χ2v) is 6.03. The maximum absolute atomic E-state index is 11.7. The van der Waals surface area contributed by atoms with Gasteiger partial charge in [-0.25, -0.2) is 4.79 Å². The van der Waals surface area contributed by atoms with Crippen LogP contribution in [-0.2, 0) is 9.47 Å². The van der Waals surface area contributed by atoms with Crippen LogP contribution in [0.15, 0.2) is 18.2 Å². The fourth-order valence-electron chi connectivity index (χ4n) is 2.66. The quantitative estimate of drug-likeness (QED) is 0.863. The SMILES string of the molecule is COC(=O)c1sc2cc(C3CCOCC3)ccc2c1N. The second kappa shape index (κ2) is 5.42. The van der Waals surface area contributed by atoms with E-state index in [0.29, 0.717) is 16.5 Å². The van der Waals surface area contributed by atoms with Crippen LogP contribution in [0.5, 0.6) is 0 Å². The summed E-state index contributed by atoms with van der Waals surface area (Å²) < 4.78 is 11.2. The first-order valence-corrected chi connectivity index (χ1v) is 7.50. The first-order valence-electron chi connectivity index (χ1n) is 6.68. The molecule has 0 unspecified atom stereocenters. The van der Waals surface area contributed by atoms with Gasteiger partial charge in [0.05, 0.1) is 12.8 Å². The average molecular weight is 291 g/mol. The molecule has 1 fully saturated rings. The molecule has 4 nitrogen and oxygen atoms in total. The molecule has 2 N–H and O–H groups in total. The number of hydrogen-bond donors (Lipinski definition) is 1. The van der Waals surface area contributed by atoms with E-state index in [1.807, 2.05) is 6.07 Å². The Hall–Kier alpha value is -1.59. The van der Waals surface area contributed by atoms with E-state index in [4.69, 9.17) is 15.2 Å². The van der Waals surface area contributed by atoms with E-state index in [1.165, 1.54) is 24.0 Å². The van der Waals surface area contributed by atoms with E-state index in [0.717, 1.165) is 36.1 Å². The zero-order valence-electron chi connectivity index (χ0n) is 11.3. The first-order chi connectivity index (χ1) is 9.70. The van der Waals surface area contributed by atoms with Gasteiger partial charge >= 0.3 is 5.97 Å². The molecule has 1 aliphatic rings. The van der Waals surface area contributed by atoms with Crippen LogP contribution >= 0.6 is 11.3 Å². The summed E-state index contributed by atoms with van der Waals surface area (Å²) in [6.45, 7) is 1.64. The van der Waals surface area contributed by atoms with Gasteiger partial charge in [0.25, 0.3) is 0 Å². The normalized spacial score (nSPS) is 16.4. The van der Waals surface area contributed by atoms with Crippen LogP contribution in [-0.4, -0.2) is 26.3 Å². The van der Waals surface area contributed by atoms with E-state index in [9.17, 15) is 4.79 Å². The predicted molar refractivity (Wildman–Crippen MR) is 80.4 cm³/mol. The smallest absolute Gasteiger partial charge is 0.350 e. The maximum atomic E-state index is 11.7. The molecule has 1 aromatic carbocycles. The lowest BCUT2D eigenvalue weighted by atomic mass is 9.91. The fraction of sp³-hybridized carbons (Fsp3) is 0.400. The topological polar surface area (TPSA) is 61.5 Å². The van der Waals surface area contributed by atoms with Crippen molar-refractivity contribution in [2.24, 2.45) is 0 Å². The Kier molecular flexibility index (Phi) is 3.63. The van der Waals surface area contributed by atoms with Crippen molar-refractivity contribution >= 4 is 33.1 Å². The van der Waals surface area contributed by atoms with Gasteiger partial charge in [-0.3, -0.25) is 0 Å². The molecule has 0 aliphatic carbocycles. The number of carbonyl (C=O) groups is 1. The zero-order chi connectivity index (χ0) is 14.1. The minimum Gasteiger partial charge on any atom is -0.465 e. The molecule has 0 saturated carbocycles. The van der Waals surface area contributed by atoms with Crippen molar-refractivity contribution in [3.63, 3.8) is 0 Å². The molecular weight excluding hydrogens is 274 g/mol. The number of hydrogen-bond acceptors (Lipinski definition) is 5. The van der Waals surface area contributed by atoms with Crippen molar-refractivity contribution in [3.8, 4) is 0 Å². The Morgan fingerprint density at radius 3 is 2.85 bits per heavy atom. The van der Waals surface area contributed by atoms with Crippen LogP contribution in [0, 0.1) is 0 Å². The third-order valence-electron chi connectivity index (χ3n) is 3.82. The summed E-state index contributed by atoms with van der Waals surface area (Å²) in [5.74, 6) is 0.175. The molecule has 106 valence electrons. The van der Waals surface area contributed by atoms with Gasteiger partial charge in [0.15, 0.2) is 0 Å². The first kappa shape index (κ1) is 13.4. The third-order valence-corrected chi connectivity index (χ3v) is 4.96. The summed E-state index contributed by atoms with van der Waals surface area (Å²) in [7, 11) is 1.37. The molecule has 0 atom stereocenters. The standard InChI is InChI=1S/C15H17NO3S/c1-18-15(17)14-13(16)11-3-2-10(8-12(11)20-14)9-4-6-19-7-5-9/h2-3,8-9H,4-7,16H2,1H3. The Morgan fingerprint density at radius 2 is 2.15 bits per heavy atom. The van der Waals surface area contributed by atoms with Gasteiger partial charge in [-0.15, -0.1) is 11.3 Å². The number of anilines is 1. The van der Waals surface area contributed by atoms with Gasteiger partial charge < -0.3 is 15.2 Å². The zero-order valence-corrected chi connectivity index (χ0v) is 12.2. The number of ether oxygens (including phenoxy) is 2. The highest BCUT2D eigenvalue weighted by Gasteiger charge is 2.20. The van der Waals surface area contributed by atoms with Gasteiger partial charge in [0, 0.05) is 23.3 Å². The van der Waals surface area contributed by atoms with E-state index in [1.54, 1.807) is 0 Å². The highest BCUT2D eigenvalue weighted by atomic mass is 32.1. The summed E-state index contributed by atoms with van der Waals surface area (Å²) >= 11 is 1.40. The Labute approximate surface area is 121 Å². The van der Waals surface area contributed by atoms with Crippen molar-refractivity contribution in [1.82, 2.24) is 0 Å². The van der Waals surface area contributed by atoms with Crippen molar-refractivity contribution < 1.29 is 14.3 Å². The number of nitrogens with two attached hydrogens (primary N) is 1. The summed E-state index contributed by atoms with van der Waals surface area (Å²) in [5, 5.41) is 0.936. The van der Waals surface area contributed by atoms with Crippen LogP contribution in [0.4, 0.5) is 5.69 Å². The number of thiophene rings is 1. The number of methoxy groups -OCH3 is 1. The molecule has 5 heteroatoms. The molecule has 1 aromatic heterocycles. The molecule has 2 aromatic rings. The van der Waals surface area contributed by atoms with E-state index >= 15 is 0 Å². The monoisotopic (exact) mass is 291 g/mol. The molecule has 3 rings (SSSR count). The molecule has 20 heavy (non-hydrogen) atoms. The van der Waals surface area contributed by atoms with Crippen LogP contribution in [0.25, 0.3) is 10.1 Å². The second-order valence-electron chi connectivity index (χ2n) is 4.98. The average Bonchev–Trinajstić information content (AvgIpc) is 2.84. The Balaban J connectivity index is 2.00. The van der Waals surface area contributed by atoms with Gasteiger partial charge in [0.2, 0.25) is 0 Å². The molecule has 2 heterocycles. The predicted octanol–water partition coefficient (Wildman–Crippen LogP) is 3.16. The molecule has 0 spiro atoms. The summed E-state index contributed by atoms with van der Waals surface area (Å²) in [6, 6.07) is 6.28. The van der Waals surface area contributed by atoms with Crippen LogP contribution in [0.1, 0.15) is 34.0 Å². The summed E-state index contributed by atoms with van der Waals surface area (Å²) in [4.78, 5) is 12.2. The van der Waals surface area contributed by atoms with Crippen LogP contribution < -0.4 is 5.73 Å². The molecule has 1 saturated heterocycles. The largest absolute Gasteiger partial charge is 0.465 e. The van der Waals surface area contributed by atoms with E-state index in [2.05, 4.69) is 12.1 Å². The van der Waals surface area contributed by atoms with Gasteiger partial charge in [-0.05, 0) is 30.4 Å². The number of rotatable bonds is 2. The molecule has 0 bridgehead atoms. The highest BCUT2D eigenvalue weighted by molar-refractivity contribution is 7.21. The minimum atomic E-state index is -0.365. The molecule has 1 aliphatic heterocycles.